The van der Waals surface area contributed by atoms with Crippen LogP contribution in [0.5, 0.6) is 0 Å². The van der Waals surface area contributed by atoms with Gasteiger partial charge in [-0.05, 0) is 46.5 Å². The molecule has 0 bridgehead atoms. The maximum Gasteiger partial charge on any atom is 0.423 e. The first-order valence-corrected chi connectivity index (χ1v) is 6.95. The van der Waals surface area contributed by atoms with Gasteiger partial charge in [0, 0.05) is 12.0 Å². The summed E-state index contributed by atoms with van der Waals surface area (Å²) in [7, 11) is 0. The highest BCUT2D eigenvalue weighted by Crippen LogP contribution is 2.24. The van der Waals surface area contributed by atoms with E-state index in [1.165, 1.54) is 0 Å². The van der Waals surface area contributed by atoms with Gasteiger partial charge in [-0.3, -0.25) is 10.2 Å². The molecule has 0 atom stereocenters. The molecule has 0 aliphatic heterocycles. The standard InChI is InChI=1S/C13H23N3O5/c1-13(2,3)21-12(20)14-9-6-4-8(5-7-9)10(17)15-16-11(18)19/h8-9,16H,4-7H2,1-3H3,(H,14,20)(H,15,17)(H,18,19)/t8-,9-. The number of alkyl carbamates (subject to hydrolysis) is 1. The molecule has 8 nitrogen and oxygen atoms in total. The molecule has 0 aromatic carbocycles. The summed E-state index contributed by atoms with van der Waals surface area (Å²) in [6.07, 6.45) is 0.738. The Morgan fingerprint density at radius 1 is 1.05 bits per heavy atom. The van der Waals surface area contributed by atoms with E-state index >= 15 is 0 Å². The van der Waals surface area contributed by atoms with E-state index in [1.54, 1.807) is 20.8 Å². The van der Waals surface area contributed by atoms with Crippen LogP contribution < -0.4 is 16.2 Å². The topological polar surface area (TPSA) is 117 Å². The maximum absolute atomic E-state index is 11.7. The van der Waals surface area contributed by atoms with Crippen LogP contribution in [0.1, 0.15) is 46.5 Å². The Balaban J connectivity index is 2.30. The van der Waals surface area contributed by atoms with Crippen LogP contribution in [0.3, 0.4) is 0 Å². The molecule has 0 saturated heterocycles. The van der Waals surface area contributed by atoms with E-state index in [4.69, 9.17) is 9.84 Å². The van der Waals surface area contributed by atoms with Crippen molar-refractivity contribution in [2.75, 3.05) is 0 Å². The van der Waals surface area contributed by atoms with Crippen molar-refractivity contribution in [2.45, 2.75) is 58.1 Å². The van der Waals surface area contributed by atoms with Crippen LogP contribution in [0.2, 0.25) is 0 Å². The molecule has 1 aliphatic rings. The number of hydrazine groups is 1. The van der Waals surface area contributed by atoms with Crippen LogP contribution >= 0.6 is 0 Å². The van der Waals surface area contributed by atoms with Crippen LogP contribution in [-0.2, 0) is 9.53 Å². The van der Waals surface area contributed by atoms with Gasteiger partial charge in [0.05, 0.1) is 0 Å². The largest absolute Gasteiger partial charge is 0.464 e. The zero-order chi connectivity index (χ0) is 16.0. The van der Waals surface area contributed by atoms with Gasteiger partial charge in [0.25, 0.3) is 0 Å². The number of carbonyl (C=O) groups is 3. The highest BCUT2D eigenvalue weighted by atomic mass is 16.6. The lowest BCUT2D eigenvalue weighted by Crippen LogP contribution is -2.46. The molecule has 1 saturated carbocycles. The average Bonchev–Trinajstić information content (AvgIpc) is 2.34. The quantitative estimate of drug-likeness (QED) is 0.575. The lowest BCUT2D eigenvalue weighted by Gasteiger charge is -2.29. The van der Waals surface area contributed by atoms with E-state index in [0.29, 0.717) is 25.7 Å². The highest BCUT2D eigenvalue weighted by molar-refractivity contribution is 5.80. The molecule has 0 aromatic heterocycles. The molecular formula is C13H23N3O5. The Morgan fingerprint density at radius 2 is 1.62 bits per heavy atom. The fourth-order valence-corrected chi connectivity index (χ4v) is 2.19. The van der Waals surface area contributed by atoms with Crippen molar-refractivity contribution in [3.8, 4) is 0 Å². The van der Waals surface area contributed by atoms with Gasteiger partial charge in [-0.2, -0.15) is 0 Å². The van der Waals surface area contributed by atoms with E-state index in [-0.39, 0.29) is 17.9 Å². The summed E-state index contributed by atoms with van der Waals surface area (Å²) in [5, 5.41) is 11.2. The van der Waals surface area contributed by atoms with Gasteiger partial charge in [-0.25, -0.2) is 15.0 Å². The van der Waals surface area contributed by atoms with E-state index in [0.717, 1.165) is 0 Å². The Morgan fingerprint density at radius 3 is 2.10 bits per heavy atom. The summed E-state index contributed by atoms with van der Waals surface area (Å²) in [6, 6.07) is -0.0173. The number of hydrogen-bond donors (Lipinski definition) is 4. The molecule has 8 heteroatoms. The number of nitrogens with one attached hydrogen (secondary N) is 3. The summed E-state index contributed by atoms with van der Waals surface area (Å²) in [6.45, 7) is 5.38. The molecule has 0 spiro atoms. The van der Waals surface area contributed by atoms with Crippen LogP contribution in [-0.4, -0.2) is 34.8 Å². The Kier molecular flexibility index (Phi) is 5.80. The summed E-state index contributed by atoms with van der Waals surface area (Å²) in [4.78, 5) is 33.6. The molecule has 0 radical (unpaired) electrons. The molecule has 1 aliphatic carbocycles. The van der Waals surface area contributed by atoms with Gasteiger partial charge in [-0.1, -0.05) is 0 Å². The summed E-state index contributed by atoms with van der Waals surface area (Å²) >= 11 is 0. The van der Waals surface area contributed by atoms with Gasteiger partial charge in [0.15, 0.2) is 0 Å². The van der Waals surface area contributed by atoms with Crippen LogP contribution in [0.15, 0.2) is 0 Å². The zero-order valence-electron chi connectivity index (χ0n) is 12.6. The predicted molar refractivity (Wildman–Crippen MR) is 74.4 cm³/mol. The van der Waals surface area contributed by atoms with Crippen molar-refractivity contribution in [3.05, 3.63) is 0 Å². The van der Waals surface area contributed by atoms with Crippen molar-refractivity contribution in [3.63, 3.8) is 0 Å². The SMILES string of the molecule is CC(C)(C)OC(=O)N[C@H]1CC[C@H](C(=O)NNC(=O)O)CC1. The number of carbonyl (C=O) groups excluding carboxylic acids is 2. The first-order valence-electron chi connectivity index (χ1n) is 6.95. The minimum atomic E-state index is -1.30. The molecule has 1 rings (SSSR count). The van der Waals surface area contributed by atoms with E-state index in [2.05, 4.69) is 10.7 Å². The van der Waals surface area contributed by atoms with Crippen molar-refractivity contribution in [1.29, 1.82) is 0 Å². The monoisotopic (exact) mass is 301 g/mol. The molecule has 0 unspecified atom stereocenters. The van der Waals surface area contributed by atoms with Crippen molar-refractivity contribution in [1.82, 2.24) is 16.2 Å². The molecule has 4 N–H and O–H groups in total. The lowest BCUT2D eigenvalue weighted by atomic mass is 9.85. The van der Waals surface area contributed by atoms with E-state index in [1.807, 2.05) is 5.43 Å². The minimum Gasteiger partial charge on any atom is -0.464 e. The molecular weight excluding hydrogens is 278 g/mol. The summed E-state index contributed by atoms with van der Waals surface area (Å²) < 4.78 is 5.18. The van der Waals surface area contributed by atoms with Gasteiger partial charge in [-0.15, -0.1) is 0 Å². The van der Waals surface area contributed by atoms with Crippen LogP contribution in [0, 0.1) is 5.92 Å². The average molecular weight is 301 g/mol. The minimum absolute atomic E-state index is 0.0173. The van der Waals surface area contributed by atoms with Crippen molar-refractivity contribution < 1.29 is 24.2 Å². The Labute approximate surface area is 123 Å². The van der Waals surface area contributed by atoms with E-state index in [9.17, 15) is 14.4 Å². The van der Waals surface area contributed by atoms with E-state index < -0.39 is 17.8 Å². The van der Waals surface area contributed by atoms with Crippen molar-refractivity contribution >= 4 is 18.1 Å². The number of rotatable bonds is 2. The normalized spacial score (nSPS) is 22.0. The smallest absolute Gasteiger partial charge is 0.423 e. The van der Waals surface area contributed by atoms with Gasteiger partial charge in [0.2, 0.25) is 5.91 Å². The second-order valence-electron chi connectivity index (χ2n) is 6.11. The van der Waals surface area contributed by atoms with Gasteiger partial charge >= 0.3 is 12.2 Å². The number of hydrogen-bond acceptors (Lipinski definition) is 4. The Bertz CT molecular complexity index is 397. The van der Waals surface area contributed by atoms with Gasteiger partial charge < -0.3 is 15.2 Å². The highest BCUT2D eigenvalue weighted by Gasteiger charge is 2.28. The fraction of sp³-hybridized carbons (Fsp3) is 0.769. The molecule has 3 amide bonds. The molecule has 0 aromatic rings. The van der Waals surface area contributed by atoms with Crippen LogP contribution in [0.4, 0.5) is 9.59 Å². The first-order chi connectivity index (χ1) is 9.67. The third kappa shape index (κ3) is 6.82. The number of carboxylic acid groups (broad SMARTS) is 1. The zero-order valence-corrected chi connectivity index (χ0v) is 12.6. The lowest BCUT2D eigenvalue weighted by molar-refractivity contribution is -0.126. The molecule has 120 valence electrons. The first kappa shape index (κ1) is 17.1. The molecule has 0 heterocycles. The summed E-state index contributed by atoms with van der Waals surface area (Å²) in [5.41, 5.74) is 3.44. The summed E-state index contributed by atoms with van der Waals surface area (Å²) in [5.74, 6) is -0.582. The number of ether oxygens (including phenoxy) is 1. The Hall–Kier alpha value is -1.99. The van der Waals surface area contributed by atoms with Crippen molar-refractivity contribution in [2.24, 2.45) is 5.92 Å². The maximum atomic E-state index is 11.7. The van der Waals surface area contributed by atoms with Crippen LogP contribution in [0.25, 0.3) is 0 Å². The second-order valence-corrected chi connectivity index (χ2v) is 6.11. The molecule has 1 fully saturated rings. The molecule has 21 heavy (non-hydrogen) atoms. The van der Waals surface area contributed by atoms with Gasteiger partial charge in [0.1, 0.15) is 5.60 Å². The second kappa shape index (κ2) is 7.14. The predicted octanol–water partition coefficient (Wildman–Crippen LogP) is 1.37. The third-order valence-electron chi connectivity index (χ3n) is 3.11. The fourth-order valence-electron chi connectivity index (χ4n) is 2.19. The number of amides is 3. The third-order valence-corrected chi connectivity index (χ3v) is 3.11.